The Bertz CT molecular complexity index is 684. The van der Waals surface area contributed by atoms with E-state index in [9.17, 15) is 9.90 Å². The number of hydrogen-bond acceptors (Lipinski definition) is 3. The Morgan fingerprint density at radius 2 is 1.90 bits per heavy atom. The normalized spacial score (nSPS) is 17.9. The summed E-state index contributed by atoms with van der Waals surface area (Å²) in [6.07, 6.45) is 2.23. The number of fused-ring (bicyclic) bond motifs is 1. The number of carboxylic acids is 1. The molecule has 0 radical (unpaired) electrons. The lowest BCUT2D eigenvalue weighted by Gasteiger charge is -2.38. The number of pyridine rings is 1. The predicted molar refractivity (Wildman–Crippen MR) is 83.9 cm³/mol. The van der Waals surface area contributed by atoms with Gasteiger partial charge in [0.2, 0.25) is 0 Å². The van der Waals surface area contributed by atoms with Gasteiger partial charge in [0.25, 0.3) is 0 Å². The molecule has 0 bridgehead atoms. The smallest absolute Gasteiger partial charge is 0.354 e. The molecule has 4 nitrogen and oxygen atoms in total. The van der Waals surface area contributed by atoms with Crippen molar-refractivity contribution in [3.8, 4) is 0 Å². The van der Waals surface area contributed by atoms with Crippen LogP contribution in [0, 0.1) is 5.41 Å². The maximum atomic E-state index is 11.3. The summed E-state index contributed by atoms with van der Waals surface area (Å²) >= 11 is 0. The first kappa shape index (κ1) is 13.9. The molecule has 0 unspecified atom stereocenters. The van der Waals surface area contributed by atoms with Crippen LogP contribution < -0.4 is 4.90 Å². The SMILES string of the molecule is CC1(C)CCN(c2cc(C(=O)O)nc3ccccc23)CC1. The second kappa shape index (κ2) is 5.02. The first-order valence-corrected chi connectivity index (χ1v) is 7.34. The molecule has 3 rings (SSSR count). The van der Waals surface area contributed by atoms with Crippen molar-refractivity contribution >= 4 is 22.6 Å². The van der Waals surface area contributed by atoms with Gasteiger partial charge in [-0.15, -0.1) is 0 Å². The van der Waals surface area contributed by atoms with E-state index in [-0.39, 0.29) is 5.69 Å². The molecule has 2 aromatic rings. The van der Waals surface area contributed by atoms with Crippen molar-refractivity contribution in [3.63, 3.8) is 0 Å². The van der Waals surface area contributed by atoms with E-state index in [4.69, 9.17) is 0 Å². The minimum atomic E-state index is -0.973. The van der Waals surface area contributed by atoms with Crippen molar-refractivity contribution in [2.24, 2.45) is 5.41 Å². The second-order valence-corrected chi connectivity index (χ2v) is 6.50. The number of para-hydroxylation sites is 1. The van der Waals surface area contributed by atoms with E-state index >= 15 is 0 Å². The van der Waals surface area contributed by atoms with Gasteiger partial charge in [-0.1, -0.05) is 32.0 Å². The van der Waals surface area contributed by atoms with Crippen molar-refractivity contribution in [3.05, 3.63) is 36.0 Å². The van der Waals surface area contributed by atoms with Gasteiger partial charge in [-0.2, -0.15) is 0 Å². The van der Waals surface area contributed by atoms with Crippen LogP contribution >= 0.6 is 0 Å². The molecule has 0 amide bonds. The van der Waals surface area contributed by atoms with Gasteiger partial charge in [0.05, 0.1) is 5.52 Å². The quantitative estimate of drug-likeness (QED) is 0.916. The first-order valence-electron chi connectivity index (χ1n) is 7.34. The lowest BCUT2D eigenvalue weighted by atomic mass is 9.82. The summed E-state index contributed by atoms with van der Waals surface area (Å²) in [5.41, 5.74) is 2.23. The average molecular weight is 284 g/mol. The van der Waals surface area contributed by atoms with E-state index < -0.39 is 5.97 Å². The third-order valence-electron chi connectivity index (χ3n) is 4.37. The summed E-state index contributed by atoms with van der Waals surface area (Å²) in [7, 11) is 0. The Morgan fingerprint density at radius 3 is 2.57 bits per heavy atom. The Hall–Kier alpha value is -2.10. The highest BCUT2D eigenvalue weighted by Gasteiger charge is 2.26. The summed E-state index contributed by atoms with van der Waals surface area (Å²) in [4.78, 5) is 17.8. The van der Waals surface area contributed by atoms with Crippen molar-refractivity contribution in [1.29, 1.82) is 0 Å². The van der Waals surface area contributed by atoms with Gasteiger partial charge in [-0.05, 0) is 30.4 Å². The molecule has 0 spiro atoms. The minimum Gasteiger partial charge on any atom is -0.477 e. The molecule has 1 aliphatic heterocycles. The highest BCUT2D eigenvalue weighted by molar-refractivity contribution is 5.97. The van der Waals surface area contributed by atoms with E-state index in [0.29, 0.717) is 5.41 Å². The van der Waals surface area contributed by atoms with Crippen molar-refractivity contribution < 1.29 is 9.90 Å². The molecule has 1 aromatic heterocycles. The first-order chi connectivity index (χ1) is 9.96. The Kier molecular flexibility index (Phi) is 3.32. The zero-order valence-electron chi connectivity index (χ0n) is 12.5. The van der Waals surface area contributed by atoms with Crippen LogP contribution in [0.15, 0.2) is 30.3 Å². The van der Waals surface area contributed by atoms with E-state index in [2.05, 4.69) is 23.7 Å². The lowest BCUT2D eigenvalue weighted by Crippen LogP contribution is -2.37. The average Bonchev–Trinajstić information content (AvgIpc) is 2.46. The molecular weight excluding hydrogens is 264 g/mol. The maximum absolute atomic E-state index is 11.3. The van der Waals surface area contributed by atoms with Crippen molar-refractivity contribution in [2.45, 2.75) is 26.7 Å². The van der Waals surface area contributed by atoms with Crippen LogP contribution in [0.5, 0.6) is 0 Å². The zero-order chi connectivity index (χ0) is 15.0. The van der Waals surface area contributed by atoms with Crippen molar-refractivity contribution in [2.75, 3.05) is 18.0 Å². The summed E-state index contributed by atoms with van der Waals surface area (Å²) in [5.74, 6) is -0.973. The van der Waals surface area contributed by atoms with Gasteiger partial charge in [0, 0.05) is 24.2 Å². The Labute approximate surface area is 124 Å². The molecule has 2 heterocycles. The minimum absolute atomic E-state index is 0.119. The number of hydrogen-bond donors (Lipinski definition) is 1. The molecule has 1 N–H and O–H groups in total. The topological polar surface area (TPSA) is 53.4 Å². The molecule has 1 saturated heterocycles. The van der Waals surface area contributed by atoms with E-state index in [0.717, 1.165) is 42.5 Å². The predicted octanol–water partition coefficient (Wildman–Crippen LogP) is 3.56. The molecule has 4 heteroatoms. The largest absolute Gasteiger partial charge is 0.477 e. The lowest BCUT2D eigenvalue weighted by molar-refractivity contribution is 0.0691. The van der Waals surface area contributed by atoms with Crippen LogP contribution in [0.25, 0.3) is 10.9 Å². The third-order valence-corrected chi connectivity index (χ3v) is 4.37. The molecular formula is C17H20N2O2. The molecule has 0 saturated carbocycles. The van der Waals surface area contributed by atoms with Crippen molar-refractivity contribution in [1.82, 2.24) is 4.98 Å². The van der Waals surface area contributed by atoms with Gasteiger partial charge in [0.15, 0.2) is 5.69 Å². The number of carbonyl (C=O) groups is 1. The fourth-order valence-electron chi connectivity index (χ4n) is 2.88. The number of carboxylic acid groups (broad SMARTS) is 1. The van der Waals surface area contributed by atoms with Gasteiger partial charge in [-0.3, -0.25) is 0 Å². The van der Waals surface area contributed by atoms with Crippen LogP contribution in [0.4, 0.5) is 5.69 Å². The number of benzene rings is 1. The van der Waals surface area contributed by atoms with E-state index in [1.807, 2.05) is 24.3 Å². The van der Waals surface area contributed by atoms with Crippen LogP contribution in [0.2, 0.25) is 0 Å². The monoisotopic (exact) mass is 284 g/mol. The summed E-state index contributed by atoms with van der Waals surface area (Å²) in [6, 6.07) is 9.47. The molecule has 110 valence electrons. The molecule has 1 aliphatic rings. The number of aromatic nitrogens is 1. The Balaban J connectivity index is 2.06. The molecule has 21 heavy (non-hydrogen) atoms. The standard InChI is InChI=1S/C17H20N2O2/c1-17(2)7-9-19(10-8-17)15-11-14(16(20)21)18-13-6-4-3-5-12(13)15/h3-6,11H,7-10H2,1-2H3,(H,20,21). The van der Waals surface area contributed by atoms with Gasteiger partial charge in [-0.25, -0.2) is 9.78 Å². The van der Waals surface area contributed by atoms with Crippen LogP contribution in [0.3, 0.4) is 0 Å². The van der Waals surface area contributed by atoms with Crippen LogP contribution in [-0.4, -0.2) is 29.1 Å². The fourth-order valence-corrected chi connectivity index (χ4v) is 2.88. The fraction of sp³-hybridized carbons (Fsp3) is 0.412. The maximum Gasteiger partial charge on any atom is 0.354 e. The highest BCUT2D eigenvalue weighted by Crippen LogP contribution is 2.35. The van der Waals surface area contributed by atoms with E-state index in [1.165, 1.54) is 0 Å². The molecule has 1 fully saturated rings. The van der Waals surface area contributed by atoms with Gasteiger partial charge >= 0.3 is 5.97 Å². The van der Waals surface area contributed by atoms with E-state index in [1.54, 1.807) is 6.07 Å². The number of aromatic carboxylic acids is 1. The number of anilines is 1. The summed E-state index contributed by atoms with van der Waals surface area (Å²) in [6.45, 7) is 6.50. The molecule has 0 atom stereocenters. The van der Waals surface area contributed by atoms with Gasteiger partial charge < -0.3 is 10.0 Å². The highest BCUT2D eigenvalue weighted by atomic mass is 16.4. The molecule has 0 aliphatic carbocycles. The van der Waals surface area contributed by atoms with Crippen LogP contribution in [-0.2, 0) is 0 Å². The second-order valence-electron chi connectivity index (χ2n) is 6.50. The summed E-state index contributed by atoms with van der Waals surface area (Å²) in [5, 5.41) is 10.3. The number of nitrogens with zero attached hydrogens (tertiary/aromatic N) is 2. The molecule has 1 aromatic carbocycles. The number of rotatable bonds is 2. The number of piperidine rings is 1. The summed E-state index contributed by atoms with van der Waals surface area (Å²) < 4.78 is 0. The third kappa shape index (κ3) is 2.71. The van der Waals surface area contributed by atoms with Crippen LogP contribution in [0.1, 0.15) is 37.2 Å². The Morgan fingerprint density at radius 1 is 1.24 bits per heavy atom. The zero-order valence-corrected chi connectivity index (χ0v) is 12.5. The van der Waals surface area contributed by atoms with Gasteiger partial charge in [0.1, 0.15) is 0 Å².